The molecular weight excluding hydrogens is 325 g/mol. The second-order valence-corrected chi connectivity index (χ2v) is 6.81. The van der Waals surface area contributed by atoms with Crippen molar-refractivity contribution in [3.63, 3.8) is 0 Å². The van der Waals surface area contributed by atoms with Crippen molar-refractivity contribution in [3.8, 4) is 5.75 Å². The zero-order valence-corrected chi connectivity index (χ0v) is 14.0. The van der Waals surface area contributed by atoms with Crippen LogP contribution in [0.15, 0.2) is 28.8 Å². The van der Waals surface area contributed by atoms with Crippen LogP contribution in [-0.4, -0.2) is 45.9 Å². The number of hydrogen-bond donors (Lipinski definition) is 1. The summed E-state index contributed by atoms with van der Waals surface area (Å²) in [6, 6.07) is 6.27. The van der Waals surface area contributed by atoms with Crippen LogP contribution in [-0.2, 0) is 0 Å². The average Bonchev–Trinajstić information content (AvgIpc) is 3.16. The second-order valence-electron chi connectivity index (χ2n) is 6.81. The van der Waals surface area contributed by atoms with Crippen molar-refractivity contribution in [2.45, 2.75) is 43.7 Å². The molecule has 1 aliphatic heterocycles. The van der Waals surface area contributed by atoms with Crippen LogP contribution in [0.4, 0.5) is 4.39 Å². The molecule has 7 heteroatoms. The molecule has 4 rings (SSSR count). The predicted molar refractivity (Wildman–Crippen MR) is 87.7 cm³/mol. The topological polar surface area (TPSA) is 71.6 Å². The Labute approximate surface area is 145 Å². The maximum Gasteiger partial charge on any atom is 0.229 e. The number of aliphatic hydroxyl groups excluding tert-OH is 1. The van der Waals surface area contributed by atoms with Gasteiger partial charge < -0.3 is 14.4 Å². The van der Waals surface area contributed by atoms with Gasteiger partial charge in [-0.15, -0.1) is 0 Å². The van der Waals surface area contributed by atoms with Crippen molar-refractivity contribution >= 4 is 0 Å². The van der Waals surface area contributed by atoms with E-state index in [1.807, 2.05) is 0 Å². The van der Waals surface area contributed by atoms with E-state index in [1.54, 1.807) is 18.2 Å². The highest BCUT2D eigenvalue weighted by molar-refractivity contribution is 5.23. The number of ether oxygens (including phenoxy) is 1. The summed E-state index contributed by atoms with van der Waals surface area (Å²) in [4.78, 5) is 6.68. The van der Waals surface area contributed by atoms with Crippen LogP contribution in [0, 0.1) is 5.82 Å². The van der Waals surface area contributed by atoms with Crippen LogP contribution >= 0.6 is 0 Å². The zero-order chi connectivity index (χ0) is 17.2. The molecule has 0 unspecified atom stereocenters. The maximum absolute atomic E-state index is 13.6. The van der Waals surface area contributed by atoms with E-state index in [0.29, 0.717) is 18.3 Å². The lowest BCUT2D eigenvalue weighted by atomic mass is 10.2. The zero-order valence-electron chi connectivity index (χ0n) is 14.0. The van der Waals surface area contributed by atoms with Crippen molar-refractivity contribution in [2.24, 2.45) is 0 Å². The highest BCUT2D eigenvalue weighted by atomic mass is 19.1. The third-order valence-corrected chi connectivity index (χ3v) is 4.76. The monoisotopic (exact) mass is 347 g/mol. The van der Waals surface area contributed by atoms with Crippen molar-refractivity contribution in [1.29, 1.82) is 0 Å². The summed E-state index contributed by atoms with van der Waals surface area (Å²) >= 11 is 0. The Morgan fingerprint density at radius 3 is 2.96 bits per heavy atom. The van der Waals surface area contributed by atoms with E-state index < -0.39 is 11.9 Å². The molecule has 0 spiro atoms. The molecule has 2 fully saturated rings. The van der Waals surface area contributed by atoms with E-state index in [2.05, 4.69) is 15.0 Å². The molecule has 0 bridgehead atoms. The molecule has 2 aromatic rings. The first-order valence-electron chi connectivity index (χ1n) is 8.83. The van der Waals surface area contributed by atoms with Crippen LogP contribution in [0.3, 0.4) is 0 Å². The third kappa shape index (κ3) is 3.82. The smallest absolute Gasteiger partial charge is 0.229 e. The number of nitrogens with zero attached hydrogens (tertiary/aromatic N) is 3. The molecule has 0 amide bonds. The molecule has 134 valence electrons. The maximum atomic E-state index is 13.6. The molecule has 0 radical (unpaired) electrons. The highest BCUT2D eigenvalue weighted by Gasteiger charge is 2.34. The summed E-state index contributed by atoms with van der Waals surface area (Å²) in [5.41, 5.74) is 0. The fraction of sp³-hybridized carbons (Fsp3) is 0.556. The SMILES string of the molecule is O[C@H](COc1ccccc1F)CN1CCC[C@H]1c1noc(C2CC2)n1. The molecule has 2 aliphatic rings. The van der Waals surface area contributed by atoms with Gasteiger partial charge in [0.05, 0.1) is 6.04 Å². The molecule has 1 aliphatic carbocycles. The minimum atomic E-state index is -0.713. The Kier molecular flexibility index (Phi) is 4.67. The third-order valence-electron chi connectivity index (χ3n) is 4.76. The molecule has 2 heterocycles. The normalized spacial score (nSPS) is 22.2. The second kappa shape index (κ2) is 7.09. The lowest BCUT2D eigenvalue weighted by Crippen LogP contribution is -2.35. The van der Waals surface area contributed by atoms with E-state index in [9.17, 15) is 9.50 Å². The quantitative estimate of drug-likeness (QED) is 0.830. The Bertz CT molecular complexity index is 719. The number of likely N-dealkylation sites (tertiary alicyclic amines) is 1. The van der Waals surface area contributed by atoms with Gasteiger partial charge in [-0.3, -0.25) is 4.90 Å². The molecule has 25 heavy (non-hydrogen) atoms. The van der Waals surface area contributed by atoms with Crippen LogP contribution in [0.5, 0.6) is 5.75 Å². The number of para-hydroxylation sites is 1. The molecule has 1 N–H and O–H groups in total. The predicted octanol–water partition coefficient (Wildman–Crippen LogP) is 2.66. The first-order valence-corrected chi connectivity index (χ1v) is 8.83. The van der Waals surface area contributed by atoms with Gasteiger partial charge in [0.15, 0.2) is 17.4 Å². The Morgan fingerprint density at radius 2 is 2.16 bits per heavy atom. The molecule has 1 aromatic carbocycles. The molecule has 1 saturated heterocycles. The van der Waals surface area contributed by atoms with Gasteiger partial charge in [-0.1, -0.05) is 17.3 Å². The van der Waals surface area contributed by atoms with Gasteiger partial charge in [-0.05, 0) is 44.4 Å². The fourth-order valence-electron chi connectivity index (χ4n) is 3.29. The molecule has 6 nitrogen and oxygen atoms in total. The minimum absolute atomic E-state index is 0.0454. The average molecular weight is 347 g/mol. The van der Waals surface area contributed by atoms with E-state index in [4.69, 9.17) is 9.26 Å². The van der Waals surface area contributed by atoms with E-state index in [1.165, 1.54) is 6.07 Å². The lowest BCUT2D eigenvalue weighted by molar-refractivity contribution is 0.0611. The van der Waals surface area contributed by atoms with Gasteiger partial charge >= 0.3 is 0 Å². The number of hydrogen-bond acceptors (Lipinski definition) is 6. The van der Waals surface area contributed by atoms with E-state index in [0.717, 1.165) is 38.1 Å². The van der Waals surface area contributed by atoms with Crippen molar-refractivity contribution in [1.82, 2.24) is 15.0 Å². The number of β-amino-alcohol motifs (C(OH)–C–C–N with tert-alkyl or cyclic N) is 1. The number of aromatic nitrogens is 2. The minimum Gasteiger partial charge on any atom is -0.488 e. The number of halogens is 1. The molecular formula is C18H22FN3O3. The summed E-state index contributed by atoms with van der Waals surface area (Å²) in [5, 5.41) is 14.4. The fourth-order valence-corrected chi connectivity index (χ4v) is 3.29. The van der Waals surface area contributed by atoms with Gasteiger partial charge in [-0.25, -0.2) is 4.39 Å². The summed E-state index contributed by atoms with van der Waals surface area (Å²) in [6.07, 6.45) is 3.52. The van der Waals surface area contributed by atoms with Crippen molar-refractivity contribution in [3.05, 3.63) is 41.8 Å². The van der Waals surface area contributed by atoms with E-state index in [-0.39, 0.29) is 18.4 Å². The molecule has 1 saturated carbocycles. The molecule has 1 aromatic heterocycles. The Morgan fingerprint density at radius 1 is 1.32 bits per heavy atom. The van der Waals surface area contributed by atoms with Crippen LogP contribution in [0.2, 0.25) is 0 Å². The van der Waals surface area contributed by atoms with Crippen LogP contribution in [0.25, 0.3) is 0 Å². The number of aliphatic hydroxyl groups is 1. The van der Waals surface area contributed by atoms with Crippen molar-refractivity contribution < 1.29 is 18.8 Å². The standard InChI is InChI=1S/C18H22FN3O3/c19-14-4-1-2-6-16(14)24-11-13(23)10-22-9-3-5-15(22)17-20-18(25-21-17)12-7-8-12/h1-2,4,6,12-13,15,23H,3,5,7-11H2/t13-,15-/m0/s1. The largest absolute Gasteiger partial charge is 0.488 e. The highest BCUT2D eigenvalue weighted by Crippen LogP contribution is 2.40. The number of benzene rings is 1. The molecule has 2 atom stereocenters. The van der Waals surface area contributed by atoms with E-state index >= 15 is 0 Å². The van der Waals surface area contributed by atoms with Gasteiger partial charge in [0.2, 0.25) is 5.89 Å². The van der Waals surface area contributed by atoms with Crippen LogP contribution in [0.1, 0.15) is 49.4 Å². The van der Waals surface area contributed by atoms with Gasteiger partial charge in [0.25, 0.3) is 0 Å². The first kappa shape index (κ1) is 16.5. The van der Waals surface area contributed by atoms with Gasteiger partial charge in [-0.2, -0.15) is 4.98 Å². The Balaban J connectivity index is 1.33. The number of rotatable bonds is 7. The van der Waals surface area contributed by atoms with Gasteiger partial charge in [0, 0.05) is 12.5 Å². The van der Waals surface area contributed by atoms with Crippen molar-refractivity contribution in [2.75, 3.05) is 19.7 Å². The summed E-state index contributed by atoms with van der Waals surface area (Å²) in [5.74, 6) is 1.63. The summed E-state index contributed by atoms with van der Waals surface area (Å²) in [6.45, 7) is 1.35. The van der Waals surface area contributed by atoms with Gasteiger partial charge in [0.1, 0.15) is 12.7 Å². The summed E-state index contributed by atoms with van der Waals surface area (Å²) < 4.78 is 24.3. The Hall–Kier alpha value is -1.99. The lowest BCUT2D eigenvalue weighted by Gasteiger charge is -2.24. The first-order chi connectivity index (χ1) is 12.2. The van der Waals surface area contributed by atoms with Crippen LogP contribution < -0.4 is 4.74 Å². The summed E-state index contributed by atoms with van der Waals surface area (Å²) in [7, 11) is 0.